The summed E-state index contributed by atoms with van der Waals surface area (Å²) in [7, 11) is -1.40. The summed E-state index contributed by atoms with van der Waals surface area (Å²) >= 11 is 0. The van der Waals surface area contributed by atoms with Gasteiger partial charge in [0.15, 0.2) is 8.32 Å². The second kappa shape index (κ2) is 6.90. The first-order valence-electron chi connectivity index (χ1n) is 8.74. The molecule has 0 amide bonds. The van der Waals surface area contributed by atoms with Gasteiger partial charge in [-0.15, -0.1) is 0 Å². The van der Waals surface area contributed by atoms with Gasteiger partial charge in [0, 0.05) is 5.41 Å². The quantitative estimate of drug-likeness (QED) is 0.699. The molecule has 20 heavy (non-hydrogen) atoms. The molecule has 0 aromatic carbocycles. The van der Waals surface area contributed by atoms with Crippen LogP contribution < -0.4 is 5.73 Å². The van der Waals surface area contributed by atoms with Crippen molar-refractivity contribution < 1.29 is 4.43 Å². The summed E-state index contributed by atoms with van der Waals surface area (Å²) in [4.78, 5) is 2.59. The average molecular weight is 299 g/mol. The molecule has 1 aliphatic heterocycles. The molecule has 3 nitrogen and oxygen atoms in total. The number of nitrogens with two attached hydrogens (primary N) is 1. The zero-order chi connectivity index (χ0) is 14.6. The van der Waals surface area contributed by atoms with Gasteiger partial charge in [-0.1, -0.05) is 20.8 Å². The van der Waals surface area contributed by atoms with Crippen LogP contribution >= 0.6 is 0 Å². The topological polar surface area (TPSA) is 38.5 Å². The van der Waals surface area contributed by atoms with Gasteiger partial charge in [-0.25, -0.2) is 0 Å². The smallest absolute Gasteiger partial charge is 0.192 e. The van der Waals surface area contributed by atoms with Gasteiger partial charge in [-0.05, 0) is 70.0 Å². The average Bonchev–Trinajstić information content (AvgIpc) is 3.16. The summed E-state index contributed by atoms with van der Waals surface area (Å²) in [5.74, 6) is 0. The van der Waals surface area contributed by atoms with E-state index in [1.807, 2.05) is 0 Å². The SMILES string of the molecule is CC[Si](CC)(CC)O[C@H]1CC12CCN(CCCN)CC2. The Morgan fingerprint density at radius 3 is 2.25 bits per heavy atom. The Hall–Kier alpha value is 0.0969. The second-order valence-electron chi connectivity index (χ2n) is 6.90. The van der Waals surface area contributed by atoms with E-state index in [0.29, 0.717) is 11.5 Å². The van der Waals surface area contributed by atoms with Gasteiger partial charge in [0.2, 0.25) is 0 Å². The largest absolute Gasteiger partial charge is 0.413 e. The van der Waals surface area contributed by atoms with Crippen molar-refractivity contribution in [1.82, 2.24) is 4.90 Å². The summed E-state index contributed by atoms with van der Waals surface area (Å²) in [6.45, 7) is 11.6. The summed E-state index contributed by atoms with van der Waals surface area (Å²) < 4.78 is 6.71. The maximum Gasteiger partial charge on any atom is 0.192 e. The third-order valence-corrected chi connectivity index (χ3v) is 10.6. The van der Waals surface area contributed by atoms with E-state index >= 15 is 0 Å². The van der Waals surface area contributed by atoms with Crippen molar-refractivity contribution in [2.24, 2.45) is 11.1 Å². The molecule has 1 atom stereocenters. The van der Waals surface area contributed by atoms with E-state index in [9.17, 15) is 0 Å². The summed E-state index contributed by atoms with van der Waals surface area (Å²) in [5.41, 5.74) is 6.17. The molecule has 2 aliphatic rings. The molecule has 4 heteroatoms. The van der Waals surface area contributed by atoms with Crippen LogP contribution in [-0.4, -0.2) is 45.5 Å². The Kier molecular flexibility index (Phi) is 5.68. The highest BCUT2D eigenvalue weighted by molar-refractivity contribution is 6.73. The number of nitrogens with zero attached hydrogens (tertiary/aromatic N) is 1. The molecular weight excluding hydrogens is 264 g/mol. The van der Waals surface area contributed by atoms with Crippen LogP contribution in [0.3, 0.4) is 0 Å². The Labute approximate surface area is 126 Å². The maximum absolute atomic E-state index is 6.71. The molecule has 1 aliphatic carbocycles. The molecule has 1 saturated heterocycles. The van der Waals surface area contributed by atoms with Crippen LogP contribution in [0.1, 0.15) is 46.5 Å². The number of rotatable bonds is 8. The van der Waals surface area contributed by atoms with Gasteiger partial charge >= 0.3 is 0 Å². The van der Waals surface area contributed by atoms with Crippen LogP contribution in [0.25, 0.3) is 0 Å². The maximum atomic E-state index is 6.71. The molecule has 0 radical (unpaired) electrons. The number of hydrogen-bond acceptors (Lipinski definition) is 3. The molecule has 0 aromatic heterocycles. The van der Waals surface area contributed by atoms with E-state index in [-0.39, 0.29) is 0 Å². The summed E-state index contributed by atoms with van der Waals surface area (Å²) in [5, 5.41) is 0. The molecule has 2 N–H and O–H groups in total. The molecule has 1 saturated carbocycles. The van der Waals surface area contributed by atoms with E-state index in [1.54, 1.807) is 0 Å². The highest BCUT2D eigenvalue weighted by Gasteiger charge is 2.57. The van der Waals surface area contributed by atoms with Crippen LogP contribution in [0.2, 0.25) is 18.1 Å². The second-order valence-corrected chi connectivity index (χ2v) is 11.6. The first-order valence-corrected chi connectivity index (χ1v) is 11.3. The van der Waals surface area contributed by atoms with E-state index in [2.05, 4.69) is 25.7 Å². The molecule has 1 spiro atoms. The lowest BCUT2D eigenvalue weighted by Crippen LogP contribution is -2.40. The molecule has 1 heterocycles. The standard InChI is InChI=1S/C16H34N2OSi/c1-4-20(5-2,6-3)19-15-14-16(15)8-12-18(13-9-16)11-7-10-17/h15H,4-14,17H2,1-3H3/t15-/m0/s1. The molecule has 0 bridgehead atoms. The third kappa shape index (κ3) is 3.46. The van der Waals surface area contributed by atoms with Gasteiger partial charge in [0.1, 0.15) is 0 Å². The fourth-order valence-corrected chi connectivity index (χ4v) is 6.78. The lowest BCUT2D eigenvalue weighted by atomic mass is 9.93. The van der Waals surface area contributed by atoms with Crippen molar-refractivity contribution in [2.45, 2.75) is 70.7 Å². The minimum absolute atomic E-state index is 0.566. The van der Waals surface area contributed by atoms with Crippen molar-refractivity contribution in [1.29, 1.82) is 0 Å². The van der Waals surface area contributed by atoms with E-state index in [4.69, 9.17) is 10.2 Å². The predicted octanol–water partition coefficient (Wildman–Crippen LogP) is 3.21. The minimum Gasteiger partial charge on any atom is -0.413 e. The Morgan fingerprint density at radius 2 is 1.75 bits per heavy atom. The van der Waals surface area contributed by atoms with Crippen molar-refractivity contribution >= 4 is 8.32 Å². The molecule has 0 unspecified atom stereocenters. The normalized spacial score (nSPS) is 26.1. The Morgan fingerprint density at radius 1 is 1.15 bits per heavy atom. The first-order chi connectivity index (χ1) is 9.63. The Bertz CT molecular complexity index is 291. The van der Waals surface area contributed by atoms with E-state index in [1.165, 1.54) is 57.0 Å². The summed E-state index contributed by atoms with van der Waals surface area (Å²) in [6, 6.07) is 3.86. The van der Waals surface area contributed by atoms with E-state index < -0.39 is 8.32 Å². The zero-order valence-electron chi connectivity index (χ0n) is 13.8. The fraction of sp³-hybridized carbons (Fsp3) is 1.00. The molecule has 118 valence electrons. The van der Waals surface area contributed by atoms with Crippen molar-refractivity contribution in [3.05, 3.63) is 0 Å². The molecule has 0 aromatic rings. The van der Waals surface area contributed by atoms with Crippen molar-refractivity contribution in [3.63, 3.8) is 0 Å². The Balaban J connectivity index is 1.80. The van der Waals surface area contributed by atoms with Crippen LogP contribution in [0.15, 0.2) is 0 Å². The van der Waals surface area contributed by atoms with Gasteiger partial charge in [-0.3, -0.25) is 0 Å². The fourth-order valence-electron chi connectivity index (χ4n) is 3.84. The predicted molar refractivity (Wildman–Crippen MR) is 88.5 cm³/mol. The van der Waals surface area contributed by atoms with Gasteiger partial charge < -0.3 is 15.1 Å². The molecule has 2 rings (SSSR count). The third-order valence-electron chi connectivity index (χ3n) is 5.97. The number of piperidine rings is 1. The zero-order valence-corrected chi connectivity index (χ0v) is 14.8. The molecular formula is C16H34N2OSi. The first kappa shape index (κ1) is 16.5. The highest BCUT2D eigenvalue weighted by Crippen LogP contribution is 2.57. The highest BCUT2D eigenvalue weighted by atomic mass is 28.4. The van der Waals surface area contributed by atoms with Gasteiger partial charge in [-0.2, -0.15) is 0 Å². The lowest BCUT2D eigenvalue weighted by molar-refractivity contribution is 0.131. The number of likely N-dealkylation sites (tertiary alicyclic amines) is 1. The van der Waals surface area contributed by atoms with E-state index in [0.717, 1.165) is 13.0 Å². The van der Waals surface area contributed by atoms with Crippen molar-refractivity contribution in [2.75, 3.05) is 26.2 Å². The summed E-state index contributed by atoms with van der Waals surface area (Å²) in [6.07, 6.45) is 5.79. The van der Waals surface area contributed by atoms with Crippen LogP contribution in [-0.2, 0) is 4.43 Å². The van der Waals surface area contributed by atoms with Crippen LogP contribution in [0.5, 0.6) is 0 Å². The van der Waals surface area contributed by atoms with Crippen LogP contribution in [0.4, 0.5) is 0 Å². The monoisotopic (exact) mass is 298 g/mol. The molecule has 2 fully saturated rings. The van der Waals surface area contributed by atoms with Gasteiger partial charge in [0.05, 0.1) is 6.10 Å². The van der Waals surface area contributed by atoms with Gasteiger partial charge in [0.25, 0.3) is 0 Å². The van der Waals surface area contributed by atoms with Crippen molar-refractivity contribution in [3.8, 4) is 0 Å². The lowest BCUT2D eigenvalue weighted by Gasteiger charge is -2.35. The number of hydrogen-bond donors (Lipinski definition) is 1. The van der Waals surface area contributed by atoms with Crippen LogP contribution in [0, 0.1) is 5.41 Å². The minimum atomic E-state index is -1.40.